The summed E-state index contributed by atoms with van der Waals surface area (Å²) in [4.78, 5) is 11.8. The fourth-order valence-electron chi connectivity index (χ4n) is 2.10. The van der Waals surface area contributed by atoms with Crippen molar-refractivity contribution in [2.75, 3.05) is 13.7 Å². The van der Waals surface area contributed by atoms with Gasteiger partial charge in [-0.05, 0) is 32.0 Å². The van der Waals surface area contributed by atoms with E-state index in [0.29, 0.717) is 11.5 Å². The summed E-state index contributed by atoms with van der Waals surface area (Å²) in [5.41, 5.74) is 5.64. The summed E-state index contributed by atoms with van der Waals surface area (Å²) >= 11 is 0. The summed E-state index contributed by atoms with van der Waals surface area (Å²) in [5.74, 6) is 0.764. The Morgan fingerprint density at radius 3 is 2.61 bits per heavy atom. The summed E-state index contributed by atoms with van der Waals surface area (Å²) in [6.07, 6.45) is 1.63. The monoisotopic (exact) mass is 315 g/mol. The van der Waals surface area contributed by atoms with Crippen molar-refractivity contribution in [3.63, 3.8) is 0 Å². The molecule has 6 nitrogen and oxygen atoms in total. The van der Waals surface area contributed by atoms with Crippen LogP contribution < -0.4 is 14.9 Å². The average molecular weight is 315 g/mol. The number of para-hydroxylation sites is 2. The second-order valence-electron chi connectivity index (χ2n) is 5.12. The first-order valence-corrected chi connectivity index (χ1v) is 7.23. The molecule has 6 heteroatoms. The normalized spacial score (nSPS) is 10.8. The van der Waals surface area contributed by atoms with Crippen molar-refractivity contribution in [2.24, 2.45) is 12.1 Å². The van der Waals surface area contributed by atoms with Crippen molar-refractivity contribution in [1.82, 2.24) is 9.99 Å². The summed E-state index contributed by atoms with van der Waals surface area (Å²) in [5, 5.41) is 3.96. The predicted octanol–water partition coefficient (Wildman–Crippen LogP) is 2.18. The van der Waals surface area contributed by atoms with Crippen molar-refractivity contribution < 1.29 is 14.3 Å². The van der Waals surface area contributed by atoms with E-state index in [1.807, 2.05) is 39.1 Å². The lowest BCUT2D eigenvalue weighted by molar-refractivity contribution is -0.123. The largest absolute Gasteiger partial charge is 0.493 e. The van der Waals surface area contributed by atoms with E-state index >= 15 is 0 Å². The molecule has 122 valence electrons. The highest BCUT2D eigenvalue weighted by atomic mass is 16.5. The van der Waals surface area contributed by atoms with Crippen LogP contribution in [-0.2, 0) is 11.8 Å². The van der Waals surface area contributed by atoms with Gasteiger partial charge >= 0.3 is 0 Å². The number of aromatic nitrogens is 1. The Morgan fingerprint density at radius 1 is 1.30 bits per heavy atom. The first kappa shape index (κ1) is 16.6. The van der Waals surface area contributed by atoms with Gasteiger partial charge in [-0.1, -0.05) is 12.1 Å². The standard InChI is InChI=1S/C17H21N3O3/c1-12-9-14(13(2)20(12)3)10-18-19-17(21)11-23-16-8-6-5-7-15(16)22-4/h5-10H,11H2,1-4H3,(H,19,21)/b18-10+. The number of hydrogen-bond donors (Lipinski definition) is 1. The third-order valence-electron chi connectivity index (χ3n) is 3.64. The van der Waals surface area contributed by atoms with Crippen LogP contribution in [0.1, 0.15) is 17.0 Å². The van der Waals surface area contributed by atoms with Gasteiger partial charge in [0.2, 0.25) is 0 Å². The molecule has 2 aromatic rings. The van der Waals surface area contributed by atoms with Gasteiger partial charge in [0.25, 0.3) is 5.91 Å². The molecule has 0 atom stereocenters. The van der Waals surface area contributed by atoms with Gasteiger partial charge < -0.3 is 14.0 Å². The zero-order valence-electron chi connectivity index (χ0n) is 13.8. The molecule has 0 aliphatic rings. The van der Waals surface area contributed by atoms with Crippen molar-refractivity contribution >= 4 is 12.1 Å². The number of nitrogens with zero attached hydrogens (tertiary/aromatic N) is 2. The van der Waals surface area contributed by atoms with Crippen molar-refractivity contribution in [3.8, 4) is 11.5 Å². The number of aryl methyl sites for hydroxylation is 1. The Kier molecular flexibility index (Phi) is 5.41. The van der Waals surface area contributed by atoms with Gasteiger partial charge in [0.05, 0.1) is 13.3 Å². The Morgan fingerprint density at radius 2 is 2.00 bits per heavy atom. The second-order valence-corrected chi connectivity index (χ2v) is 5.12. The molecule has 1 aromatic carbocycles. The quantitative estimate of drug-likeness (QED) is 0.656. The molecule has 0 aliphatic carbocycles. The van der Waals surface area contributed by atoms with Gasteiger partial charge in [0.15, 0.2) is 18.1 Å². The van der Waals surface area contributed by atoms with Crippen molar-refractivity contribution in [2.45, 2.75) is 13.8 Å². The summed E-state index contributed by atoms with van der Waals surface area (Å²) in [7, 11) is 3.54. The Bertz CT molecular complexity index is 720. The predicted molar refractivity (Wildman–Crippen MR) is 89.1 cm³/mol. The van der Waals surface area contributed by atoms with Crippen LogP contribution in [0.5, 0.6) is 11.5 Å². The van der Waals surface area contributed by atoms with E-state index in [4.69, 9.17) is 9.47 Å². The highest BCUT2D eigenvalue weighted by molar-refractivity contribution is 5.84. The number of hydrogen-bond acceptors (Lipinski definition) is 4. The van der Waals surface area contributed by atoms with Crippen LogP contribution in [0.15, 0.2) is 35.4 Å². The molecule has 0 fully saturated rings. The molecule has 23 heavy (non-hydrogen) atoms. The molecule has 1 heterocycles. The van der Waals surface area contributed by atoms with Gasteiger partial charge in [0, 0.05) is 24.0 Å². The lowest BCUT2D eigenvalue weighted by atomic mass is 10.3. The third-order valence-corrected chi connectivity index (χ3v) is 3.64. The number of carbonyl (C=O) groups excluding carboxylic acids is 1. The van der Waals surface area contributed by atoms with Crippen LogP contribution in [0.25, 0.3) is 0 Å². The van der Waals surface area contributed by atoms with E-state index in [1.54, 1.807) is 25.5 Å². The first-order valence-electron chi connectivity index (χ1n) is 7.23. The molecule has 1 N–H and O–H groups in total. The molecular formula is C17H21N3O3. The number of benzene rings is 1. The van der Waals surface area contributed by atoms with Gasteiger partial charge in [-0.3, -0.25) is 4.79 Å². The van der Waals surface area contributed by atoms with Gasteiger partial charge in [-0.15, -0.1) is 0 Å². The Balaban J connectivity index is 1.88. The smallest absolute Gasteiger partial charge is 0.277 e. The Hall–Kier alpha value is -2.76. The molecule has 0 saturated carbocycles. The molecule has 0 aliphatic heterocycles. The minimum absolute atomic E-state index is 0.134. The van der Waals surface area contributed by atoms with Crippen LogP contribution in [0.3, 0.4) is 0 Å². The first-order chi connectivity index (χ1) is 11.0. The minimum atomic E-state index is -0.336. The van der Waals surface area contributed by atoms with E-state index in [1.165, 1.54) is 0 Å². The van der Waals surface area contributed by atoms with Crippen molar-refractivity contribution in [1.29, 1.82) is 0 Å². The summed E-state index contributed by atoms with van der Waals surface area (Å²) in [6.45, 7) is 3.88. The highest BCUT2D eigenvalue weighted by Gasteiger charge is 2.06. The number of hydrazone groups is 1. The van der Waals surface area contributed by atoms with Crippen LogP contribution in [0.2, 0.25) is 0 Å². The zero-order chi connectivity index (χ0) is 16.8. The maximum absolute atomic E-state index is 11.8. The molecule has 0 radical (unpaired) electrons. The molecule has 0 saturated heterocycles. The van der Waals surface area contributed by atoms with Gasteiger partial charge in [-0.25, -0.2) is 5.43 Å². The summed E-state index contributed by atoms with van der Waals surface area (Å²) in [6, 6.07) is 9.17. The average Bonchev–Trinajstić information content (AvgIpc) is 2.80. The molecule has 1 amide bonds. The van der Waals surface area contributed by atoms with Gasteiger partial charge in [-0.2, -0.15) is 5.10 Å². The molecule has 0 unspecified atom stereocenters. The fourth-order valence-corrected chi connectivity index (χ4v) is 2.10. The number of ether oxygens (including phenoxy) is 2. The van der Waals surface area contributed by atoms with Crippen LogP contribution >= 0.6 is 0 Å². The number of carbonyl (C=O) groups is 1. The molecule has 2 rings (SSSR count). The van der Waals surface area contributed by atoms with E-state index in [0.717, 1.165) is 17.0 Å². The lowest BCUT2D eigenvalue weighted by Gasteiger charge is -2.09. The second kappa shape index (κ2) is 7.49. The van der Waals surface area contributed by atoms with Crippen LogP contribution in [0.4, 0.5) is 0 Å². The number of nitrogens with one attached hydrogen (secondary N) is 1. The van der Waals surface area contributed by atoms with Crippen molar-refractivity contribution in [3.05, 3.63) is 47.3 Å². The molecule has 0 spiro atoms. The SMILES string of the molecule is COc1ccccc1OCC(=O)N/N=C/c1cc(C)n(C)c1C. The number of amides is 1. The Labute approximate surface area is 135 Å². The highest BCUT2D eigenvalue weighted by Crippen LogP contribution is 2.25. The van der Waals surface area contributed by atoms with E-state index < -0.39 is 0 Å². The topological polar surface area (TPSA) is 64.8 Å². The zero-order valence-corrected chi connectivity index (χ0v) is 13.8. The lowest BCUT2D eigenvalue weighted by Crippen LogP contribution is -2.24. The van der Waals surface area contributed by atoms with Crippen LogP contribution in [0, 0.1) is 13.8 Å². The maximum Gasteiger partial charge on any atom is 0.277 e. The molecular weight excluding hydrogens is 294 g/mol. The van der Waals surface area contributed by atoms with Gasteiger partial charge in [0.1, 0.15) is 0 Å². The van der Waals surface area contributed by atoms with E-state index in [-0.39, 0.29) is 12.5 Å². The van der Waals surface area contributed by atoms with E-state index in [9.17, 15) is 4.79 Å². The third kappa shape index (κ3) is 4.12. The number of rotatable bonds is 6. The minimum Gasteiger partial charge on any atom is -0.493 e. The number of methoxy groups -OCH3 is 1. The fraction of sp³-hybridized carbons (Fsp3) is 0.294. The molecule has 1 aromatic heterocycles. The summed E-state index contributed by atoms with van der Waals surface area (Å²) < 4.78 is 12.6. The van der Waals surface area contributed by atoms with E-state index in [2.05, 4.69) is 15.1 Å². The molecule has 0 bridgehead atoms. The maximum atomic E-state index is 11.8. The van der Waals surface area contributed by atoms with Crippen LogP contribution in [-0.4, -0.2) is 30.4 Å².